The normalized spacial score (nSPS) is 14.8. The van der Waals surface area contributed by atoms with Crippen molar-refractivity contribution in [1.82, 2.24) is 19.9 Å². The maximum atomic E-state index is 12.8. The molecule has 1 saturated heterocycles. The Balaban J connectivity index is 1.36. The summed E-state index contributed by atoms with van der Waals surface area (Å²) >= 11 is 0. The molecule has 0 N–H and O–H groups in total. The highest BCUT2D eigenvalue weighted by molar-refractivity contribution is 5.93. The predicted molar refractivity (Wildman–Crippen MR) is 104 cm³/mol. The lowest BCUT2D eigenvalue weighted by Crippen LogP contribution is -2.48. The third kappa shape index (κ3) is 4.04. The standard InChI is InChI=1S/C21H22N4O3/c1-27-18-4-2-17(3-5-18)20-14-19(23-28-20)21(26)25-12-10-24(11-13-25)15-16-6-8-22-9-7-16/h2-9,14H,10-13,15H2,1H3. The van der Waals surface area contributed by atoms with E-state index in [9.17, 15) is 4.79 Å². The van der Waals surface area contributed by atoms with Crippen LogP contribution < -0.4 is 4.74 Å². The van der Waals surface area contributed by atoms with Crippen LogP contribution in [0.1, 0.15) is 16.1 Å². The van der Waals surface area contributed by atoms with E-state index >= 15 is 0 Å². The van der Waals surface area contributed by atoms with E-state index in [4.69, 9.17) is 9.26 Å². The number of hydrogen-bond acceptors (Lipinski definition) is 6. The number of ether oxygens (including phenoxy) is 1. The SMILES string of the molecule is COc1ccc(-c2cc(C(=O)N3CCN(Cc4ccncc4)CC3)no2)cc1. The van der Waals surface area contributed by atoms with Gasteiger partial charge in [-0.05, 0) is 42.0 Å². The molecule has 4 rings (SSSR count). The average molecular weight is 378 g/mol. The van der Waals surface area contributed by atoms with Crippen LogP contribution in [0.3, 0.4) is 0 Å². The fourth-order valence-electron chi connectivity index (χ4n) is 3.28. The Hall–Kier alpha value is -3.19. The minimum absolute atomic E-state index is 0.0907. The summed E-state index contributed by atoms with van der Waals surface area (Å²) in [6.45, 7) is 3.88. The monoisotopic (exact) mass is 378 g/mol. The van der Waals surface area contributed by atoms with Crippen LogP contribution in [0.25, 0.3) is 11.3 Å². The molecule has 7 nitrogen and oxygen atoms in total. The van der Waals surface area contributed by atoms with Crippen LogP contribution in [0.5, 0.6) is 5.75 Å². The molecular weight excluding hydrogens is 356 g/mol. The van der Waals surface area contributed by atoms with E-state index in [0.29, 0.717) is 24.5 Å². The maximum Gasteiger partial charge on any atom is 0.276 e. The van der Waals surface area contributed by atoms with Crippen LogP contribution in [-0.2, 0) is 6.54 Å². The van der Waals surface area contributed by atoms with Crippen LogP contribution in [0, 0.1) is 0 Å². The first-order chi connectivity index (χ1) is 13.7. The molecule has 3 heterocycles. The second kappa shape index (κ2) is 8.22. The molecule has 0 spiro atoms. The fraction of sp³-hybridized carbons (Fsp3) is 0.286. The van der Waals surface area contributed by atoms with Gasteiger partial charge in [-0.1, -0.05) is 5.16 Å². The molecule has 1 aliphatic heterocycles. The number of amides is 1. The summed E-state index contributed by atoms with van der Waals surface area (Å²) in [6.07, 6.45) is 3.61. The number of nitrogens with zero attached hydrogens (tertiary/aromatic N) is 4. The Kier molecular flexibility index (Phi) is 5.34. The molecule has 0 bridgehead atoms. The topological polar surface area (TPSA) is 71.7 Å². The van der Waals surface area contributed by atoms with E-state index in [-0.39, 0.29) is 5.91 Å². The van der Waals surface area contributed by atoms with Gasteiger partial charge in [-0.15, -0.1) is 0 Å². The molecule has 0 saturated carbocycles. The third-order valence-electron chi connectivity index (χ3n) is 4.92. The van der Waals surface area contributed by atoms with Crippen LogP contribution in [0.15, 0.2) is 59.4 Å². The number of carbonyl (C=O) groups excluding carboxylic acids is 1. The van der Waals surface area contributed by atoms with Gasteiger partial charge in [0.1, 0.15) is 5.75 Å². The first-order valence-corrected chi connectivity index (χ1v) is 9.24. The molecule has 144 valence electrons. The van der Waals surface area contributed by atoms with Crippen molar-refractivity contribution in [3.8, 4) is 17.1 Å². The zero-order valence-electron chi connectivity index (χ0n) is 15.7. The van der Waals surface area contributed by atoms with Gasteiger partial charge in [-0.3, -0.25) is 14.7 Å². The number of aromatic nitrogens is 2. The zero-order chi connectivity index (χ0) is 19.3. The molecule has 0 radical (unpaired) electrons. The van der Waals surface area contributed by atoms with E-state index < -0.39 is 0 Å². The molecule has 2 aromatic heterocycles. The fourth-order valence-corrected chi connectivity index (χ4v) is 3.28. The number of piperazine rings is 1. The molecule has 1 fully saturated rings. The van der Waals surface area contributed by atoms with Crippen LogP contribution in [0.2, 0.25) is 0 Å². The summed E-state index contributed by atoms with van der Waals surface area (Å²) in [6, 6.07) is 13.2. The molecule has 28 heavy (non-hydrogen) atoms. The molecule has 7 heteroatoms. The van der Waals surface area contributed by atoms with Crippen molar-refractivity contribution in [2.75, 3.05) is 33.3 Å². The van der Waals surface area contributed by atoms with E-state index in [1.165, 1.54) is 5.56 Å². The highest BCUT2D eigenvalue weighted by Crippen LogP contribution is 2.23. The van der Waals surface area contributed by atoms with Gasteiger partial charge in [0, 0.05) is 56.7 Å². The predicted octanol–water partition coefficient (Wildman–Crippen LogP) is 2.70. The van der Waals surface area contributed by atoms with Crippen LogP contribution in [-0.4, -0.2) is 59.1 Å². The van der Waals surface area contributed by atoms with Gasteiger partial charge in [0.25, 0.3) is 5.91 Å². The Labute approximate surface area is 163 Å². The summed E-state index contributed by atoms with van der Waals surface area (Å²) in [5.74, 6) is 1.25. The minimum Gasteiger partial charge on any atom is -0.497 e. The van der Waals surface area contributed by atoms with Crippen LogP contribution >= 0.6 is 0 Å². The minimum atomic E-state index is -0.0907. The lowest BCUT2D eigenvalue weighted by molar-refractivity contribution is 0.0618. The second-order valence-corrected chi connectivity index (χ2v) is 6.73. The van der Waals surface area contributed by atoms with Crippen LogP contribution in [0.4, 0.5) is 0 Å². The second-order valence-electron chi connectivity index (χ2n) is 6.73. The Morgan fingerprint density at radius 3 is 2.46 bits per heavy atom. The molecule has 0 aliphatic carbocycles. The molecule has 0 atom stereocenters. The quantitative estimate of drug-likeness (QED) is 0.680. The highest BCUT2D eigenvalue weighted by Gasteiger charge is 2.24. The van der Waals surface area contributed by atoms with Gasteiger partial charge in [0.05, 0.1) is 7.11 Å². The molecule has 1 amide bonds. The van der Waals surface area contributed by atoms with Crippen molar-refractivity contribution < 1.29 is 14.1 Å². The van der Waals surface area contributed by atoms with Gasteiger partial charge in [-0.25, -0.2) is 0 Å². The maximum absolute atomic E-state index is 12.8. The van der Waals surface area contributed by atoms with Gasteiger partial charge in [-0.2, -0.15) is 0 Å². The number of methoxy groups -OCH3 is 1. The summed E-state index contributed by atoms with van der Waals surface area (Å²) in [5.41, 5.74) is 2.43. The van der Waals surface area contributed by atoms with Crippen molar-refractivity contribution in [2.45, 2.75) is 6.54 Å². The van der Waals surface area contributed by atoms with Gasteiger partial charge in [0.15, 0.2) is 11.5 Å². The molecular formula is C21H22N4O3. The van der Waals surface area contributed by atoms with Crippen molar-refractivity contribution in [3.63, 3.8) is 0 Å². The summed E-state index contributed by atoms with van der Waals surface area (Å²) in [4.78, 5) is 21.0. The average Bonchev–Trinajstić information content (AvgIpc) is 3.25. The first kappa shape index (κ1) is 18.2. The Morgan fingerprint density at radius 2 is 1.79 bits per heavy atom. The Morgan fingerprint density at radius 1 is 1.07 bits per heavy atom. The molecule has 0 unspecified atom stereocenters. The number of rotatable bonds is 5. The smallest absolute Gasteiger partial charge is 0.276 e. The third-order valence-corrected chi connectivity index (χ3v) is 4.92. The van der Waals surface area contributed by atoms with E-state index in [0.717, 1.165) is 30.9 Å². The first-order valence-electron chi connectivity index (χ1n) is 9.24. The van der Waals surface area contributed by atoms with E-state index in [1.807, 2.05) is 41.3 Å². The number of carbonyl (C=O) groups is 1. The van der Waals surface area contributed by atoms with Crippen molar-refractivity contribution in [1.29, 1.82) is 0 Å². The lowest BCUT2D eigenvalue weighted by Gasteiger charge is -2.34. The molecule has 1 aliphatic rings. The lowest BCUT2D eigenvalue weighted by atomic mass is 10.1. The number of pyridine rings is 1. The highest BCUT2D eigenvalue weighted by atomic mass is 16.5. The van der Waals surface area contributed by atoms with Crippen molar-refractivity contribution in [3.05, 3.63) is 66.1 Å². The summed E-state index contributed by atoms with van der Waals surface area (Å²) in [7, 11) is 1.62. The summed E-state index contributed by atoms with van der Waals surface area (Å²) < 4.78 is 10.5. The van der Waals surface area contributed by atoms with Crippen molar-refractivity contribution >= 4 is 5.91 Å². The van der Waals surface area contributed by atoms with Gasteiger partial charge >= 0.3 is 0 Å². The van der Waals surface area contributed by atoms with Gasteiger partial charge < -0.3 is 14.2 Å². The molecule has 1 aromatic carbocycles. The van der Waals surface area contributed by atoms with E-state index in [2.05, 4.69) is 15.0 Å². The van der Waals surface area contributed by atoms with Gasteiger partial charge in [0.2, 0.25) is 0 Å². The number of hydrogen-bond donors (Lipinski definition) is 0. The molecule has 3 aromatic rings. The number of benzene rings is 1. The Bertz CT molecular complexity index is 916. The van der Waals surface area contributed by atoms with Crippen molar-refractivity contribution in [2.24, 2.45) is 0 Å². The van der Waals surface area contributed by atoms with E-state index in [1.54, 1.807) is 25.6 Å². The largest absolute Gasteiger partial charge is 0.497 e. The zero-order valence-corrected chi connectivity index (χ0v) is 15.7. The summed E-state index contributed by atoms with van der Waals surface area (Å²) in [5, 5.41) is 3.98.